The molecule has 3 aromatic rings. The quantitative estimate of drug-likeness (QED) is 0.793. The number of likely N-dealkylation sites (N-methyl/N-ethyl adjacent to an activating group) is 1. The molecule has 0 spiro atoms. The molecule has 22 heavy (non-hydrogen) atoms. The number of hydrogen-bond donors (Lipinski definition) is 1. The molecular weight excluding hydrogens is 282 g/mol. The average molecular weight is 297 g/mol. The van der Waals surface area contributed by atoms with Crippen LogP contribution in [0.25, 0.3) is 11.1 Å². The van der Waals surface area contributed by atoms with Crippen LogP contribution in [-0.2, 0) is 4.79 Å². The maximum Gasteiger partial charge on any atom is 0.263 e. The van der Waals surface area contributed by atoms with Gasteiger partial charge in [0.25, 0.3) is 5.71 Å². The van der Waals surface area contributed by atoms with Gasteiger partial charge in [-0.25, -0.2) is 4.98 Å². The Kier molecular flexibility index (Phi) is 3.69. The highest BCUT2D eigenvalue weighted by Crippen LogP contribution is 2.24. The van der Waals surface area contributed by atoms with Crippen molar-refractivity contribution >= 4 is 28.5 Å². The van der Waals surface area contributed by atoms with E-state index < -0.39 is 0 Å². The van der Waals surface area contributed by atoms with Gasteiger partial charge in [-0.3, -0.25) is 4.79 Å². The Morgan fingerprint density at radius 2 is 2.05 bits per heavy atom. The molecule has 7 heteroatoms. The van der Waals surface area contributed by atoms with Crippen molar-refractivity contribution in [3.63, 3.8) is 0 Å². The fraction of sp³-hybridized carbons (Fsp3) is 0.200. The molecule has 2 heterocycles. The summed E-state index contributed by atoms with van der Waals surface area (Å²) in [6, 6.07) is 9.31. The van der Waals surface area contributed by atoms with Gasteiger partial charge in [0.15, 0.2) is 0 Å². The predicted molar refractivity (Wildman–Crippen MR) is 82.7 cm³/mol. The van der Waals surface area contributed by atoms with Gasteiger partial charge < -0.3 is 14.7 Å². The van der Waals surface area contributed by atoms with E-state index in [2.05, 4.69) is 20.4 Å². The normalized spacial score (nSPS) is 10.6. The summed E-state index contributed by atoms with van der Waals surface area (Å²) in [5.41, 5.74) is 1.87. The van der Waals surface area contributed by atoms with Gasteiger partial charge in [0.05, 0.1) is 12.2 Å². The molecule has 2 aromatic heterocycles. The number of aromatic nitrogens is 3. The number of para-hydroxylation sites is 1. The molecule has 0 aliphatic carbocycles. The fourth-order valence-corrected chi connectivity index (χ4v) is 2.21. The third kappa shape index (κ3) is 2.73. The van der Waals surface area contributed by atoms with E-state index in [0.29, 0.717) is 17.2 Å². The smallest absolute Gasteiger partial charge is 0.263 e. The van der Waals surface area contributed by atoms with Crippen molar-refractivity contribution in [1.29, 1.82) is 0 Å². The van der Waals surface area contributed by atoms with Gasteiger partial charge in [0.2, 0.25) is 5.91 Å². The van der Waals surface area contributed by atoms with Crippen molar-refractivity contribution in [2.75, 3.05) is 23.8 Å². The number of carbonyl (C=O) groups excluding carboxylic acids is 1. The highest BCUT2D eigenvalue weighted by atomic mass is 16.5. The third-order valence-electron chi connectivity index (χ3n) is 3.22. The molecular formula is C15H15N5O2. The van der Waals surface area contributed by atoms with Gasteiger partial charge in [0.1, 0.15) is 17.5 Å². The van der Waals surface area contributed by atoms with Crippen LogP contribution in [0, 0.1) is 6.92 Å². The van der Waals surface area contributed by atoms with E-state index in [1.54, 1.807) is 11.9 Å². The molecule has 3 rings (SSSR count). The van der Waals surface area contributed by atoms with Crippen molar-refractivity contribution in [2.24, 2.45) is 0 Å². The molecule has 0 unspecified atom stereocenters. The van der Waals surface area contributed by atoms with Crippen LogP contribution in [0.5, 0.6) is 0 Å². The molecule has 0 saturated heterocycles. The minimum Gasteiger partial charge on any atom is -0.350 e. The van der Waals surface area contributed by atoms with E-state index in [1.807, 2.05) is 37.3 Å². The third-order valence-corrected chi connectivity index (χ3v) is 3.22. The number of amides is 1. The molecule has 0 fully saturated rings. The number of rotatable bonds is 4. The molecule has 0 atom stereocenters. The average Bonchev–Trinajstić information content (AvgIpc) is 2.90. The van der Waals surface area contributed by atoms with Gasteiger partial charge in [-0.05, 0) is 19.1 Å². The zero-order chi connectivity index (χ0) is 15.5. The summed E-state index contributed by atoms with van der Waals surface area (Å²) in [6.45, 7) is 1.97. The molecule has 0 aliphatic heterocycles. The Balaban J connectivity index is 1.77. The maximum atomic E-state index is 12.1. The molecule has 0 bridgehead atoms. The number of anilines is 2. The topological polar surface area (TPSA) is 84.2 Å². The van der Waals surface area contributed by atoms with E-state index in [1.165, 1.54) is 6.33 Å². The lowest BCUT2D eigenvalue weighted by atomic mass is 10.3. The van der Waals surface area contributed by atoms with Gasteiger partial charge in [-0.15, -0.1) is 0 Å². The van der Waals surface area contributed by atoms with Crippen molar-refractivity contribution in [3.8, 4) is 0 Å². The first-order valence-corrected chi connectivity index (χ1v) is 6.78. The number of aryl methyl sites for hydroxylation is 1. The number of hydrogen-bond acceptors (Lipinski definition) is 6. The number of carbonyl (C=O) groups is 1. The van der Waals surface area contributed by atoms with Crippen molar-refractivity contribution in [1.82, 2.24) is 15.1 Å². The highest BCUT2D eigenvalue weighted by molar-refractivity contribution is 5.96. The number of fused-ring (bicyclic) bond motifs is 1. The zero-order valence-electron chi connectivity index (χ0n) is 12.3. The van der Waals surface area contributed by atoms with Crippen LogP contribution in [0.15, 0.2) is 41.2 Å². The van der Waals surface area contributed by atoms with Crippen LogP contribution in [-0.4, -0.2) is 34.6 Å². The first kappa shape index (κ1) is 14.0. The SMILES string of the molecule is Cc1noc2ncnc(N(C)CC(=O)Nc3ccccc3)c12. The molecule has 0 aliphatic rings. The minimum atomic E-state index is -0.130. The molecule has 112 valence electrons. The van der Waals surface area contributed by atoms with Crippen LogP contribution in [0.1, 0.15) is 5.69 Å². The van der Waals surface area contributed by atoms with Crippen LogP contribution < -0.4 is 10.2 Å². The number of benzene rings is 1. The lowest BCUT2D eigenvalue weighted by Crippen LogP contribution is -2.30. The molecule has 1 aromatic carbocycles. The summed E-state index contributed by atoms with van der Waals surface area (Å²) in [5.74, 6) is 0.488. The minimum absolute atomic E-state index is 0.130. The van der Waals surface area contributed by atoms with Gasteiger partial charge in [0, 0.05) is 12.7 Å². The maximum absolute atomic E-state index is 12.1. The molecule has 1 amide bonds. The van der Waals surface area contributed by atoms with E-state index in [9.17, 15) is 4.79 Å². The van der Waals surface area contributed by atoms with Crippen LogP contribution in [0.2, 0.25) is 0 Å². The summed E-state index contributed by atoms with van der Waals surface area (Å²) in [6.07, 6.45) is 1.40. The second-order valence-corrected chi connectivity index (χ2v) is 4.92. The van der Waals surface area contributed by atoms with E-state index in [-0.39, 0.29) is 12.5 Å². The first-order chi connectivity index (χ1) is 10.6. The summed E-state index contributed by atoms with van der Waals surface area (Å²) in [4.78, 5) is 22.1. The first-order valence-electron chi connectivity index (χ1n) is 6.78. The summed E-state index contributed by atoms with van der Waals surface area (Å²) < 4.78 is 5.11. The van der Waals surface area contributed by atoms with Crippen LogP contribution in [0.3, 0.4) is 0 Å². The number of nitrogens with zero attached hydrogens (tertiary/aromatic N) is 4. The van der Waals surface area contributed by atoms with E-state index >= 15 is 0 Å². The van der Waals surface area contributed by atoms with Crippen molar-refractivity contribution in [2.45, 2.75) is 6.92 Å². The van der Waals surface area contributed by atoms with Gasteiger partial charge in [-0.2, -0.15) is 4.98 Å². The summed E-state index contributed by atoms with van der Waals surface area (Å²) in [7, 11) is 1.79. The summed E-state index contributed by atoms with van der Waals surface area (Å²) >= 11 is 0. The van der Waals surface area contributed by atoms with Gasteiger partial charge in [-0.1, -0.05) is 23.4 Å². The monoisotopic (exact) mass is 297 g/mol. The molecule has 7 nitrogen and oxygen atoms in total. The molecule has 0 saturated carbocycles. The van der Waals surface area contributed by atoms with E-state index in [0.717, 1.165) is 11.1 Å². The molecule has 1 N–H and O–H groups in total. The van der Waals surface area contributed by atoms with E-state index in [4.69, 9.17) is 4.52 Å². The predicted octanol–water partition coefficient (Wildman–Crippen LogP) is 2.00. The van der Waals surface area contributed by atoms with Crippen LogP contribution >= 0.6 is 0 Å². The van der Waals surface area contributed by atoms with Crippen LogP contribution in [0.4, 0.5) is 11.5 Å². The Hall–Kier alpha value is -2.96. The van der Waals surface area contributed by atoms with Gasteiger partial charge >= 0.3 is 0 Å². The highest BCUT2D eigenvalue weighted by Gasteiger charge is 2.17. The second kappa shape index (κ2) is 5.80. The standard InChI is InChI=1S/C15H15N5O2/c1-10-13-14(16-9-17-15(13)22-19-10)20(2)8-12(21)18-11-6-4-3-5-7-11/h3-7,9H,8H2,1-2H3,(H,18,21). The molecule has 0 radical (unpaired) electrons. The number of nitrogens with one attached hydrogen (secondary N) is 1. The zero-order valence-corrected chi connectivity index (χ0v) is 12.3. The van der Waals surface area contributed by atoms with Crippen molar-refractivity contribution in [3.05, 3.63) is 42.4 Å². The second-order valence-electron chi connectivity index (χ2n) is 4.92. The Morgan fingerprint density at radius 1 is 1.27 bits per heavy atom. The Labute approximate surface area is 127 Å². The Bertz CT molecular complexity index is 800. The Morgan fingerprint density at radius 3 is 2.82 bits per heavy atom. The lowest BCUT2D eigenvalue weighted by molar-refractivity contribution is -0.114. The van der Waals surface area contributed by atoms with Crippen molar-refractivity contribution < 1.29 is 9.32 Å². The lowest BCUT2D eigenvalue weighted by Gasteiger charge is -2.18. The fourth-order valence-electron chi connectivity index (χ4n) is 2.21. The summed E-state index contributed by atoms with van der Waals surface area (Å²) in [5, 5.41) is 7.44. The largest absolute Gasteiger partial charge is 0.350 e.